The van der Waals surface area contributed by atoms with Crippen LogP contribution in [0.3, 0.4) is 0 Å². The van der Waals surface area contributed by atoms with Gasteiger partial charge in [-0.2, -0.15) is 4.99 Å². The van der Waals surface area contributed by atoms with Gasteiger partial charge in [0.2, 0.25) is 17.8 Å². The van der Waals surface area contributed by atoms with Gasteiger partial charge in [-0.15, -0.1) is 0 Å². The molecule has 1 unspecified atom stereocenters. The van der Waals surface area contributed by atoms with Gasteiger partial charge in [-0.1, -0.05) is 24.3 Å². The lowest BCUT2D eigenvalue weighted by molar-refractivity contribution is -0.123. The van der Waals surface area contributed by atoms with E-state index < -0.39 is 23.7 Å². The molecule has 0 bridgehead atoms. The van der Waals surface area contributed by atoms with Crippen molar-refractivity contribution in [1.82, 2.24) is 5.32 Å². The number of para-hydroxylation sites is 1. The van der Waals surface area contributed by atoms with Crippen molar-refractivity contribution in [3.05, 3.63) is 60.4 Å². The zero-order valence-electron chi connectivity index (χ0n) is 14.1. The molecule has 0 aliphatic carbocycles. The maximum absolute atomic E-state index is 13.1. The van der Waals surface area contributed by atoms with Gasteiger partial charge in [0, 0.05) is 11.4 Å². The molecule has 0 saturated carbocycles. The molecule has 5 N–H and O–H groups in total. The van der Waals surface area contributed by atoms with Crippen LogP contribution in [0, 0.1) is 5.82 Å². The van der Waals surface area contributed by atoms with Crippen LogP contribution in [-0.4, -0.2) is 29.8 Å². The van der Waals surface area contributed by atoms with Crippen molar-refractivity contribution in [2.75, 3.05) is 10.6 Å². The first-order chi connectivity index (χ1) is 13.0. The van der Waals surface area contributed by atoms with E-state index in [1.807, 2.05) is 18.2 Å². The molecule has 0 spiro atoms. The van der Waals surface area contributed by atoms with E-state index in [1.54, 1.807) is 18.2 Å². The predicted molar refractivity (Wildman–Crippen MR) is 101 cm³/mol. The fourth-order valence-corrected chi connectivity index (χ4v) is 2.39. The van der Waals surface area contributed by atoms with Gasteiger partial charge in [-0.3, -0.25) is 14.9 Å². The standard InChI is InChI=1S/C18H17FN6O2/c19-11-5-4-8-13(9-11)21-15(26)10-14-16(27)24-18(23-14)25-17(20)22-12-6-2-1-3-7-12/h1-9,14H,10H2,(H,21,26)(H4,20,22,23,24,25,27). The maximum atomic E-state index is 13.1. The molecule has 1 heterocycles. The summed E-state index contributed by atoms with van der Waals surface area (Å²) in [6, 6.07) is 13.7. The molecule has 0 saturated heterocycles. The Morgan fingerprint density at radius 2 is 1.89 bits per heavy atom. The number of benzene rings is 2. The van der Waals surface area contributed by atoms with Gasteiger partial charge < -0.3 is 16.4 Å². The lowest BCUT2D eigenvalue weighted by Gasteiger charge is -2.06. The van der Waals surface area contributed by atoms with Crippen LogP contribution in [0.5, 0.6) is 0 Å². The van der Waals surface area contributed by atoms with Crippen molar-refractivity contribution in [2.45, 2.75) is 12.5 Å². The summed E-state index contributed by atoms with van der Waals surface area (Å²) in [6.07, 6.45) is -0.201. The Bertz CT molecular complexity index is 913. The Morgan fingerprint density at radius 1 is 1.15 bits per heavy atom. The van der Waals surface area contributed by atoms with Crippen molar-refractivity contribution in [3.63, 3.8) is 0 Å². The van der Waals surface area contributed by atoms with Crippen molar-refractivity contribution >= 4 is 35.1 Å². The second-order valence-corrected chi connectivity index (χ2v) is 5.71. The molecule has 9 heteroatoms. The van der Waals surface area contributed by atoms with E-state index in [0.29, 0.717) is 5.69 Å². The Kier molecular flexibility index (Phi) is 5.41. The van der Waals surface area contributed by atoms with Gasteiger partial charge in [0.1, 0.15) is 11.9 Å². The third-order valence-electron chi connectivity index (χ3n) is 3.58. The van der Waals surface area contributed by atoms with E-state index in [1.165, 1.54) is 18.2 Å². The molecule has 8 nitrogen and oxygen atoms in total. The van der Waals surface area contributed by atoms with Crippen LogP contribution in [0.4, 0.5) is 15.8 Å². The van der Waals surface area contributed by atoms with Gasteiger partial charge >= 0.3 is 0 Å². The minimum Gasteiger partial charge on any atom is -0.369 e. The summed E-state index contributed by atoms with van der Waals surface area (Å²) in [6.45, 7) is 0. The number of aliphatic imine (C=N–C) groups is 2. The van der Waals surface area contributed by atoms with Crippen LogP contribution in [0.25, 0.3) is 0 Å². The molecule has 1 atom stereocenters. The minimum atomic E-state index is -0.929. The van der Waals surface area contributed by atoms with Crippen LogP contribution in [-0.2, 0) is 9.59 Å². The third kappa shape index (κ3) is 5.11. The number of carbonyl (C=O) groups is 2. The molecule has 2 aromatic carbocycles. The zero-order chi connectivity index (χ0) is 19.2. The highest BCUT2D eigenvalue weighted by Gasteiger charge is 2.28. The Labute approximate surface area is 154 Å². The smallest absolute Gasteiger partial charge is 0.252 e. The average molecular weight is 368 g/mol. The second-order valence-electron chi connectivity index (χ2n) is 5.71. The van der Waals surface area contributed by atoms with Crippen LogP contribution in [0.1, 0.15) is 6.42 Å². The SMILES string of the molecule is N/C(=N\C1=NC(CC(=O)Nc2cccc(F)c2)C(=O)N1)Nc1ccccc1. The van der Waals surface area contributed by atoms with Crippen molar-refractivity contribution in [2.24, 2.45) is 15.7 Å². The van der Waals surface area contributed by atoms with E-state index >= 15 is 0 Å². The number of nitrogens with one attached hydrogen (secondary N) is 3. The van der Waals surface area contributed by atoms with E-state index in [-0.39, 0.29) is 18.3 Å². The molecule has 1 aliphatic heterocycles. The predicted octanol–water partition coefficient (Wildman–Crippen LogP) is 1.44. The maximum Gasteiger partial charge on any atom is 0.252 e. The van der Waals surface area contributed by atoms with E-state index in [4.69, 9.17) is 5.73 Å². The molecule has 0 fully saturated rings. The molecular weight excluding hydrogens is 351 g/mol. The number of guanidine groups is 2. The van der Waals surface area contributed by atoms with E-state index in [0.717, 1.165) is 5.69 Å². The summed E-state index contributed by atoms with van der Waals surface area (Å²) in [5.41, 5.74) is 6.82. The zero-order valence-corrected chi connectivity index (χ0v) is 14.1. The molecule has 0 radical (unpaired) electrons. The highest BCUT2D eigenvalue weighted by atomic mass is 19.1. The van der Waals surface area contributed by atoms with Crippen molar-refractivity contribution in [1.29, 1.82) is 0 Å². The number of carbonyl (C=O) groups excluding carboxylic acids is 2. The Balaban J connectivity index is 1.60. The van der Waals surface area contributed by atoms with E-state index in [2.05, 4.69) is 25.9 Å². The minimum absolute atomic E-state index is 0.0180. The normalized spacial score (nSPS) is 16.5. The highest BCUT2D eigenvalue weighted by Crippen LogP contribution is 2.12. The Hall–Kier alpha value is -3.75. The first kappa shape index (κ1) is 18.1. The Morgan fingerprint density at radius 3 is 2.63 bits per heavy atom. The quantitative estimate of drug-likeness (QED) is 0.482. The molecule has 2 aromatic rings. The molecule has 2 amide bonds. The lowest BCUT2D eigenvalue weighted by Crippen LogP contribution is -2.32. The summed E-state index contributed by atoms with van der Waals surface area (Å²) in [5.74, 6) is -1.34. The number of nitrogens with zero attached hydrogens (tertiary/aromatic N) is 2. The van der Waals surface area contributed by atoms with Crippen molar-refractivity contribution < 1.29 is 14.0 Å². The topological polar surface area (TPSA) is 121 Å². The number of nitrogens with two attached hydrogens (primary N) is 1. The van der Waals surface area contributed by atoms with Gasteiger partial charge in [-0.25, -0.2) is 9.38 Å². The summed E-state index contributed by atoms with van der Waals surface area (Å²) < 4.78 is 13.1. The largest absolute Gasteiger partial charge is 0.369 e. The number of hydrogen-bond acceptors (Lipinski definition) is 4. The molecule has 1 aliphatic rings. The van der Waals surface area contributed by atoms with Crippen LogP contribution >= 0.6 is 0 Å². The summed E-state index contributed by atoms with van der Waals surface area (Å²) in [4.78, 5) is 32.1. The molecular formula is C18H17FN6O2. The third-order valence-corrected chi connectivity index (χ3v) is 3.58. The number of anilines is 2. The molecule has 0 aromatic heterocycles. The number of amides is 2. The summed E-state index contributed by atoms with van der Waals surface area (Å²) >= 11 is 0. The average Bonchev–Trinajstić information content (AvgIpc) is 2.94. The number of hydrogen-bond donors (Lipinski definition) is 4. The summed E-state index contributed by atoms with van der Waals surface area (Å²) in [7, 11) is 0. The first-order valence-electron chi connectivity index (χ1n) is 8.10. The van der Waals surface area contributed by atoms with Gasteiger partial charge in [0.15, 0.2) is 0 Å². The van der Waals surface area contributed by atoms with Gasteiger partial charge in [0.25, 0.3) is 5.91 Å². The van der Waals surface area contributed by atoms with Crippen LogP contribution in [0.2, 0.25) is 0 Å². The number of halogens is 1. The monoisotopic (exact) mass is 368 g/mol. The molecule has 27 heavy (non-hydrogen) atoms. The number of rotatable bonds is 4. The van der Waals surface area contributed by atoms with Crippen LogP contribution in [0.15, 0.2) is 64.6 Å². The van der Waals surface area contributed by atoms with Crippen LogP contribution < -0.4 is 21.7 Å². The first-order valence-corrected chi connectivity index (χ1v) is 8.10. The van der Waals surface area contributed by atoms with Gasteiger partial charge in [-0.05, 0) is 30.3 Å². The summed E-state index contributed by atoms with van der Waals surface area (Å²) in [5, 5.41) is 7.84. The fourth-order valence-electron chi connectivity index (χ4n) is 2.39. The molecule has 138 valence electrons. The van der Waals surface area contributed by atoms with E-state index in [9.17, 15) is 14.0 Å². The fraction of sp³-hybridized carbons (Fsp3) is 0.111. The molecule has 3 rings (SSSR count). The highest BCUT2D eigenvalue weighted by molar-refractivity contribution is 6.11. The second kappa shape index (κ2) is 8.09. The lowest BCUT2D eigenvalue weighted by atomic mass is 10.2. The van der Waals surface area contributed by atoms with Gasteiger partial charge in [0.05, 0.1) is 6.42 Å². The van der Waals surface area contributed by atoms with Crippen molar-refractivity contribution in [3.8, 4) is 0 Å².